The SMILES string of the molecule is Cc1ccc(CC(=O)N2CCCC2c2nc(-c3ccccc3)no2)cc1. The average molecular weight is 347 g/mol. The lowest BCUT2D eigenvalue weighted by Gasteiger charge is -2.22. The molecule has 0 saturated carbocycles. The first-order valence-corrected chi connectivity index (χ1v) is 8.95. The van der Waals surface area contributed by atoms with Crippen LogP contribution >= 0.6 is 0 Å². The highest BCUT2D eigenvalue weighted by Gasteiger charge is 2.34. The van der Waals surface area contributed by atoms with E-state index in [9.17, 15) is 4.79 Å². The van der Waals surface area contributed by atoms with Crippen LogP contribution in [0.2, 0.25) is 0 Å². The van der Waals surface area contributed by atoms with Crippen LogP contribution in [0.5, 0.6) is 0 Å². The molecule has 2 aromatic carbocycles. The number of hydrogen-bond donors (Lipinski definition) is 0. The second-order valence-electron chi connectivity index (χ2n) is 6.73. The third-order valence-electron chi connectivity index (χ3n) is 4.81. The van der Waals surface area contributed by atoms with E-state index >= 15 is 0 Å². The minimum atomic E-state index is -0.127. The lowest BCUT2D eigenvalue weighted by molar-refractivity contribution is -0.131. The number of nitrogens with zero attached hydrogens (tertiary/aromatic N) is 3. The quantitative estimate of drug-likeness (QED) is 0.717. The zero-order chi connectivity index (χ0) is 17.9. The summed E-state index contributed by atoms with van der Waals surface area (Å²) < 4.78 is 5.49. The fourth-order valence-electron chi connectivity index (χ4n) is 3.38. The number of likely N-dealkylation sites (tertiary alicyclic amines) is 1. The molecule has 1 aromatic heterocycles. The Hall–Kier alpha value is -2.95. The van der Waals surface area contributed by atoms with Crippen molar-refractivity contribution in [3.05, 3.63) is 71.6 Å². The van der Waals surface area contributed by atoms with Gasteiger partial charge in [0.25, 0.3) is 0 Å². The van der Waals surface area contributed by atoms with Gasteiger partial charge in [-0.25, -0.2) is 0 Å². The van der Waals surface area contributed by atoms with Crippen LogP contribution in [0.1, 0.15) is 35.9 Å². The van der Waals surface area contributed by atoms with E-state index in [1.54, 1.807) is 0 Å². The summed E-state index contributed by atoms with van der Waals surface area (Å²) in [6.45, 7) is 2.78. The number of amides is 1. The van der Waals surface area contributed by atoms with Crippen LogP contribution in [-0.2, 0) is 11.2 Å². The molecule has 1 aliphatic heterocycles. The van der Waals surface area contributed by atoms with Crippen molar-refractivity contribution in [2.75, 3.05) is 6.54 Å². The van der Waals surface area contributed by atoms with Gasteiger partial charge < -0.3 is 9.42 Å². The maximum absolute atomic E-state index is 12.8. The van der Waals surface area contributed by atoms with Crippen molar-refractivity contribution >= 4 is 5.91 Å². The van der Waals surface area contributed by atoms with Crippen LogP contribution < -0.4 is 0 Å². The molecule has 0 radical (unpaired) electrons. The van der Waals surface area contributed by atoms with Crippen LogP contribution in [0, 0.1) is 6.92 Å². The Bertz CT molecular complexity index is 887. The van der Waals surface area contributed by atoms with Gasteiger partial charge in [-0.1, -0.05) is 65.3 Å². The first-order valence-electron chi connectivity index (χ1n) is 8.95. The Morgan fingerprint density at radius 1 is 1.15 bits per heavy atom. The lowest BCUT2D eigenvalue weighted by Crippen LogP contribution is -2.32. The topological polar surface area (TPSA) is 59.2 Å². The Morgan fingerprint density at radius 2 is 1.92 bits per heavy atom. The van der Waals surface area contributed by atoms with Gasteiger partial charge in [0.05, 0.1) is 6.42 Å². The first kappa shape index (κ1) is 16.5. The smallest absolute Gasteiger partial charge is 0.249 e. The van der Waals surface area contributed by atoms with Crippen molar-refractivity contribution in [2.24, 2.45) is 0 Å². The summed E-state index contributed by atoms with van der Waals surface area (Å²) in [4.78, 5) is 19.2. The number of carbonyl (C=O) groups excluding carboxylic acids is 1. The Kier molecular flexibility index (Phi) is 4.52. The van der Waals surface area contributed by atoms with E-state index in [2.05, 4.69) is 10.1 Å². The fourth-order valence-corrected chi connectivity index (χ4v) is 3.38. The highest BCUT2D eigenvalue weighted by Crippen LogP contribution is 2.32. The molecule has 1 aliphatic rings. The normalized spacial score (nSPS) is 16.8. The monoisotopic (exact) mass is 347 g/mol. The number of hydrogen-bond acceptors (Lipinski definition) is 4. The first-order chi connectivity index (χ1) is 12.7. The molecule has 1 fully saturated rings. The molecule has 26 heavy (non-hydrogen) atoms. The molecule has 0 spiro atoms. The number of carbonyl (C=O) groups is 1. The number of rotatable bonds is 4. The lowest BCUT2D eigenvalue weighted by atomic mass is 10.1. The van der Waals surface area contributed by atoms with Gasteiger partial charge in [-0.05, 0) is 25.3 Å². The summed E-state index contributed by atoms with van der Waals surface area (Å²) >= 11 is 0. The molecular formula is C21H21N3O2. The largest absolute Gasteiger partial charge is 0.337 e. The summed E-state index contributed by atoms with van der Waals surface area (Å²) in [5.74, 6) is 1.20. The van der Waals surface area contributed by atoms with Gasteiger partial charge in [-0.2, -0.15) is 4.98 Å². The van der Waals surface area contributed by atoms with Crippen molar-refractivity contribution in [1.29, 1.82) is 0 Å². The summed E-state index contributed by atoms with van der Waals surface area (Å²) in [5, 5.41) is 4.09. The summed E-state index contributed by atoms with van der Waals surface area (Å²) in [6.07, 6.45) is 2.21. The fraction of sp³-hybridized carbons (Fsp3) is 0.286. The summed E-state index contributed by atoms with van der Waals surface area (Å²) in [5.41, 5.74) is 3.14. The van der Waals surface area contributed by atoms with Crippen LogP contribution in [0.4, 0.5) is 0 Å². The van der Waals surface area contributed by atoms with E-state index in [1.807, 2.05) is 66.4 Å². The highest BCUT2D eigenvalue weighted by molar-refractivity contribution is 5.79. The number of benzene rings is 2. The second-order valence-corrected chi connectivity index (χ2v) is 6.73. The molecule has 4 rings (SSSR count). The van der Waals surface area contributed by atoms with Crippen molar-refractivity contribution in [2.45, 2.75) is 32.2 Å². The summed E-state index contributed by atoms with van der Waals surface area (Å²) in [7, 11) is 0. The molecule has 1 unspecified atom stereocenters. The molecule has 5 nitrogen and oxygen atoms in total. The van der Waals surface area contributed by atoms with Crippen LogP contribution in [0.3, 0.4) is 0 Å². The molecule has 2 heterocycles. The Balaban J connectivity index is 1.50. The van der Waals surface area contributed by atoms with Gasteiger partial charge in [0.2, 0.25) is 17.6 Å². The second kappa shape index (κ2) is 7.12. The molecule has 0 aliphatic carbocycles. The summed E-state index contributed by atoms with van der Waals surface area (Å²) in [6, 6.07) is 17.7. The Morgan fingerprint density at radius 3 is 2.69 bits per heavy atom. The van der Waals surface area contributed by atoms with Crippen molar-refractivity contribution in [3.63, 3.8) is 0 Å². The van der Waals surface area contributed by atoms with E-state index < -0.39 is 0 Å². The molecule has 3 aromatic rings. The molecule has 1 saturated heterocycles. The predicted octanol–water partition coefficient (Wildman–Crippen LogP) is 3.95. The third kappa shape index (κ3) is 3.38. The van der Waals surface area contributed by atoms with E-state index in [0.717, 1.165) is 30.5 Å². The van der Waals surface area contributed by atoms with Gasteiger partial charge in [0, 0.05) is 12.1 Å². The van der Waals surface area contributed by atoms with E-state index in [4.69, 9.17) is 4.52 Å². The van der Waals surface area contributed by atoms with Crippen LogP contribution in [-0.4, -0.2) is 27.5 Å². The van der Waals surface area contributed by atoms with Gasteiger partial charge in [-0.3, -0.25) is 4.79 Å². The van der Waals surface area contributed by atoms with Gasteiger partial charge >= 0.3 is 0 Å². The van der Waals surface area contributed by atoms with Gasteiger partial charge in [0.15, 0.2) is 0 Å². The number of aromatic nitrogens is 2. The van der Waals surface area contributed by atoms with Crippen molar-refractivity contribution < 1.29 is 9.32 Å². The van der Waals surface area contributed by atoms with E-state index in [0.29, 0.717) is 18.1 Å². The molecule has 0 bridgehead atoms. The zero-order valence-corrected chi connectivity index (χ0v) is 14.8. The molecule has 0 N–H and O–H groups in total. The zero-order valence-electron chi connectivity index (χ0n) is 14.8. The van der Waals surface area contributed by atoms with E-state index in [1.165, 1.54) is 5.56 Å². The standard InChI is InChI=1S/C21H21N3O2/c1-15-9-11-16(12-10-15)14-19(25)24-13-5-8-18(24)21-22-20(23-26-21)17-6-3-2-4-7-17/h2-4,6-7,9-12,18H,5,8,13-14H2,1H3. The minimum Gasteiger partial charge on any atom is -0.337 e. The molecule has 132 valence electrons. The van der Waals surface area contributed by atoms with Crippen LogP contribution in [0.15, 0.2) is 59.1 Å². The predicted molar refractivity (Wildman–Crippen MR) is 98.3 cm³/mol. The molecule has 1 amide bonds. The maximum Gasteiger partial charge on any atom is 0.249 e. The molecule has 1 atom stereocenters. The Labute approximate surface area is 152 Å². The maximum atomic E-state index is 12.8. The van der Waals surface area contributed by atoms with Gasteiger partial charge in [-0.15, -0.1) is 0 Å². The van der Waals surface area contributed by atoms with Crippen molar-refractivity contribution in [1.82, 2.24) is 15.0 Å². The van der Waals surface area contributed by atoms with Gasteiger partial charge in [0.1, 0.15) is 6.04 Å². The van der Waals surface area contributed by atoms with Crippen molar-refractivity contribution in [3.8, 4) is 11.4 Å². The number of aryl methyl sites for hydroxylation is 1. The van der Waals surface area contributed by atoms with Crippen LogP contribution in [0.25, 0.3) is 11.4 Å². The third-order valence-corrected chi connectivity index (χ3v) is 4.81. The van der Waals surface area contributed by atoms with E-state index in [-0.39, 0.29) is 11.9 Å². The highest BCUT2D eigenvalue weighted by atomic mass is 16.5. The minimum absolute atomic E-state index is 0.107. The average Bonchev–Trinajstić information content (AvgIpc) is 3.33. The molecular weight excluding hydrogens is 326 g/mol. The molecule has 5 heteroatoms.